The normalized spacial score (nSPS) is 11.8. The van der Waals surface area contributed by atoms with Gasteiger partial charge in [-0.05, 0) is 31.4 Å². The van der Waals surface area contributed by atoms with Crippen molar-refractivity contribution >= 4 is 0 Å². The molecular weight excluding hydrogens is 174 g/mol. The first kappa shape index (κ1) is 13.5. The van der Waals surface area contributed by atoms with Crippen LogP contribution in [0.25, 0.3) is 0 Å². The maximum atomic E-state index is 10.6. The van der Waals surface area contributed by atoms with E-state index < -0.39 is 0 Å². The number of allylic oxidation sites excluding steroid dienone is 2. The maximum absolute atomic E-state index is 10.6. The van der Waals surface area contributed by atoms with Gasteiger partial charge < -0.3 is 10.7 Å². The molecule has 0 aliphatic heterocycles. The Hall–Kier alpha value is -0.500. The van der Waals surface area contributed by atoms with E-state index in [-0.39, 0.29) is 0 Å². The zero-order valence-corrected chi connectivity index (χ0v) is 9.64. The van der Waals surface area contributed by atoms with Gasteiger partial charge in [0.25, 0.3) is 0 Å². The van der Waals surface area contributed by atoms with Crippen molar-refractivity contribution < 1.29 is 0 Å². The van der Waals surface area contributed by atoms with E-state index in [0.717, 1.165) is 25.0 Å². The van der Waals surface area contributed by atoms with Crippen LogP contribution >= 0.6 is 0 Å². The topological polar surface area (TPSA) is 35.1 Å². The summed E-state index contributed by atoms with van der Waals surface area (Å²) < 4.78 is 0. The highest BCUT2D eigenvalue weighted by molar-refractivity contribution is 4.99. The van der Waals surface area contributed by atoms with E-state index in [1.165, 1.54) is 32.1 Å². The van der Waals surface area contributed by atoms with Gasteiger partial charge in [0, 0.05) is 0 Å². The minimum absolute atomic E-state index is 0.884. The summed E-state index contributed by atoms with van der Waals surface area (Å²) in [6.45, 7) is 4.37. The first-order valence-corrected chi connectivity index (χ1v) is 5.92. The summed E-state index contributed by atoms with van der Waals surface area (Å²) in [6.07, 6.45) is 11.3. The Morgan fingerprint density at radius 2 is 1.71 bits per heavy atom. The molecule has 0 aromatic carbocycles. The average molecular weight is 198 g/mol. The molecule has 84 valence electrons. The summed E-state index contributed by atoms with van der Waals surface area (Å²) in [6, 6.07) is 0. The molecular formula is C12H24NO-. The fraction of sp³-hybridized carbons (Fsp3) is 0.833. The van der Waals surface area contributed by atoms with Crippen LogP contribution in [0.5, 0.6) is 0 Å². The second kappa shape index (κ2) is 10.6. The Labute approximate surface area is 88.4 Å². The molecule has 2 nitrogen and oxygen atoms in total. The van der Waals surface area contributed by atoms with Crippen molar-refractivity contribution in [3.05, 3.63) is 17.0 Å². The number of hydroxylamine groups is 1. The lowest BCUT2D eigenvalue weighted by molar-refractivity contribution is 0.684. The highest BCUT2D eigenvalue weighted by Gasteiger charge is 1.92. The molecule has 0 aromatic heterocycles. The molecule has 0 fully saturated rings. The molecule has 0 aliphatic carbocycles. The molecule has 0 rings (SSSR count). The molecule has 0 amide bonds. The zero-order chi connectivity index (χ0) is 10.6. The number of unbranched alkanes of at least 4 members (excludes halogenated alkanes) is 5. The van der Waals surface area contributed by atoms with Gasteiger partial charge in [-0.15, -0.1) is 0 Å². The predicted molar refractivity (Wildman–Crippen MR) is 62.9 cm³/mol. The van der Waals surface area contributed by atoms with Crippen LogP contribution in [0.2, 0.25) is 0 Å². The van der Waals surface area contributed by atoms with Crippen molar-refractivity contribution in [3.63, 3.8) is 0 Å². The fourth-order valence-corrected chi connectivity index (χ4v) is 1.43. The van der Waals surface area contributed by atoms with Crippen molar-refractivity contribution in [2.45, 2.75) is 65.2 Å². The number of nitrogens with one attached hydrogen (secondary N) is 1. The van der Waals surface area contributed by atoms with Gasteiger partial charge in [-0.25, -0.2) is 0 Å². The van der Waals surface area contributed by atoms with Gasteiger partial charge in [0.2, 0.25) is 0 Å². The van der Waals surface area contributed by atoms with Crippen molar-refractivity contribution in [3.8, 4) is 0 Å². The molecule has 0 bridgehead atoms. The zero-order valence-electron chi connectivity index (χ0n) is 9.64. The molecule has 0 aliphatic rings. The largest absolute Gasteiger partial charge is 0.761 e. The van der Waals surface area contributed by atoms with Crippen LogP contribution in [-0.4, -0.2) is 0 Å². The molecule has 0 radical (unpaired) electrons. The van der Waals surface area contributed by atoms with Crippen molar-refractivity contribution in [2.24, 2.45) is 0 Å². The van der Waals surface area contributed by atoms with Gasteiger partial charge >= 0.3 is 0 Å². The fourth-order valence-electron chi connectivity index (χ4n) is 1.43. The molecule has 0 unspecified atom stereocenters. The molecule has 0 spiro atoms. The number of hydrogen-bond donors (Lipinski definition) is 1. The number of rotatable bonds is 9. The third-order valence-corrected chi connectivity index (χ3v) is 2.38. The second-order valence-corrected chi connectivity index (χ2v) is 3.78. The van der Waals surface area contributed by atoms with E-state index in [1.807, 2.05) is 5.48 Å². The Morgan fingerprint density at radius 3 is 2.29 bits per heavy atom. The molecule has 0 saturated carbocycles. The standard InChI is InChI=1S/C12H24NO/c1-3-5-7-9-11-12(13-14)10-8-6-4-2/h11,13H,3-10H2,1-2H3/q-1. The van der Waals surface area contributed by atoms with Gasteiger partial charge in [-0.1, -0.05) is 45.6 Å². The average Bonchev–Trinajstić information content (AvgIpc) is 2.22. The third kappa shape index (κ3) is 8.11. The van der Waals surface area contributed by atoms with Crippen LogP contribution in [0.3, 0.4) is 0 Å². The second-order valence-electron chi connectivity index (χ2n) is 3.78. The van der Waals surface area contributed by atoms with Gasteiger partial charge in [0.15, 0.2) is 0 Å². The summed E-state index contributed by atoms with van der Waals surface area (Å²) in [7, 11) is 0. The summed E-state index contributed by atoms with van der Waals surface area (Å²) >= 11 is 0. The van der Waals surface area contributed by atoms with E-state index >= 15 is 0 Å². The third-order valence-electron chi connectivity index (χ3n) is 2.38. The summed E-state index contributed by atoms with van der Waals surface area (Å²) in [5, 5.41) is 10.6. The monoisotopic (exact) mass is 198 g/mol. The van der Waals surface area contributed by atoms with E-state index in [1.54, 1.807) is 0 Å². The Kier molecular flexibility index (Phi) is 10.2. The Balaban J connectivity index is 3.53. The van der Waals surface area contributed by atoms with Crippen LogP contribution in [0.4, 0.5) is 0 Å². The molecule has 14 heavy (non-hydrogen) atoms. The first-order valence-electron chi connectivity index (χ1n) is 5.92. The first-order chi connectivity index (χ1) is 6.85. The highest BCUT2D eigenvalue weighted by Crippen LogP contribution is 2.09. The van der Waals surface area contributed by atoms with E-state index in [4.69, 9.17) is 0 Å². The van der Waals surface area contributed by atoms with E-state index in [2.05, 4.69) is 19.9 Å². The van der Waals surface area contributed by atoms with Crippen molar-refractivity contribution in [1.82, 2.24) is 5.48 Å². The van der Waals surface area contributed by atoms with Gasteiger partial charge in [0.1, 0.15) is 0 Å². The molecule has 0 atom stereocenters. The van der Waals surface area contributed by atoms with Crippen LogP contribution in [0.15, 0.2) is 11.8 Å². The van der Waals surface area contributed by atoms with Crippen LogP contribution in [0.1, 0.15) is 65.2 Å². The van der Waals surface area contributed by atoms with Crippen LogP contribution in [0, 0.1) is 5.21 Å². The van der Waals surface area contributed by atoms with Crippen molar-refractivity contribution in [2.75, 3.05) is 0 Å². The lowest BCUT2D eigenvalue weighted by Crippen LogP contribution is -2.03. The quantitative estimate of drug-likeness (QED) is 0.447. The van der Waals surface area contributed by atoms with Gasteiger partial charge in [-0.2, -0.15) is 0 Å². The minimum Gasteiger partial charge on any atom is -0.761 e. The molecule has 1 N–H and O–H groups in total. The van der Waals surface area contributed by atoms with E-state index in [9.17, 15) is 5.21 Å². The Morgan fingerprint density at radius 1 is 1.07 bits per heavy atom. The molecule has 0 heterocycles. The lowest BCUT2D eigenvalue weighted by Gasteiger charge is -2.14. The van der Waals surface area contributed by atoms with Crippen LogP contribution < -0.4 is 5.48 Å². The maximum Gasteiger partial charge on any atom is -0.00409 e. The van der Waals surface area contributed by atoms with Crippen molar-refractivity contribution in [1.29, 1.82) is 0 Å². The summed E-state index contributed by atoms with van der Waals surface area (Å²) in [4.78, 5) is 0. The van der Waals surface area contributed by atoms with Gasteiger partial charge in [-0.3, -0.25) is 0 Å². The molecule has 0 aromatic rings. The summed E-state index contributed by atoms with van der Waals surface area (Å²) in [5.41, 5.74) is 2.93. The smallest absolute Gasteiger partial charge is 0.00409 e. The lowest BCUT2D eigenvalue weighted by atomic mass is 10.1. The minimum atomic E-state index is 0.884. The predicted octanol–water partition coefficient (Wildman–Crippen LogP) is 4.12. The molecule has 0 saturated heterocycles. The highest BCUT2D eigenvalue weighted by atomic mass is 16.5. The van der Waals surface area contributed by atoms with E-state index in [0.29, 0.717) is 0 Å². The SMILES string of the molecule is CCCCCC=C(CCCCC)N[O-]. The molecule has 2 heteroatoms. The van der Waals surface area contributed by atoms with Crippen LogP contribution in [-0.2, 0) is 0 Å². The summed E-state index contributed by atoms with van der Waals surface area (Å²) in [5.74, 6) is 0. The number of hydrogen-bond acceptors (Lipinski definition) is 2. The Bertz CT molecular complexity index is 143. The van der Waals surface area contributed by atoms with Gasteiger partial charge in [0.05, 0.1) is 0 Å².